The number of benzene rings is 2. The molecular weight excluding hydrogens is 477 g/mol. The average Bonchev–Trinajstić information content (AvgIpc) is 2.83. The van der Waals surface area contributed by atoms with Crippen molar-refractivity contribution in [1.29, 1.82) is 0 Å². The second kappa shape index (κ2) is 11.6. The predicted molar refractivity (Wildman–Crippen MR) is 130 cm³/mol. The van der Waals surface area contributed by atoms with Crippen LogP contribution >= 0.6 is 0 Å². The Balaban J connectivity index is 1.78. The summed E-state index contributed by atoms with van der Waals surface area (Å²) in [4.78, 5) is 27.3. The van der Waals surface area contributed by atoms with Gasteiger partial charge in [-0.25, -0.2) is 4.79 Å². The largest absolute Gasteiger partial charge is 0.491 e. The number of nitrogens with zero attached hydrogens (tertiary/aromatic N) is 1. The van der Waals surface area contributed by atoms with Gasteiger partial charge < -0.3 is 30.3 Å². The third kappa shape index (κ3) is 7.11. The maximum Gasteiger partial charge on any atom is 0.416 e. The van der Waals surface area contributed by atoms with Crippen molar-refractivity contribution in [3.05, 3.63) is 53.6 Å². The Labute approximate surface area is 208 Å². The lowest BCUT2D eigenvalue weighted by Gasteiger charge is -2.30. The number of likely N-dealkylation sites (N-methyl/N-ethyl adjacent to an activating group) is 1. The highest BCUT2D eigenvalue weighted by atomic mass is 19.4. The van der Waals surface area contributed by atoms with Crippen molar-refractivity contribution in [2.75, 3.05) is 44.5 Å². The molecule has 11 heteroatoms. The molecule has 3 atom stereocenters. The molecule has 2 aromatic rings. The number of nitrogens with one attached hydrogen (secondary N) is 3. The average molecular weight is 509 g/mol. The number of ether oxygens (including phenoxy) is 2. The van der Waals surface area contributed by atoms with Crippen LogP contribution in [0.1, 0.15) is 29.8 Å². The Morgan fingerprint density at radius 2 is 1.75 bits per heavy atom. The molecule has 3 amide bonds. The van der Waals surface area contributed by atoms with Crippen LogP contribution in [-0.2, 0) is 10.9 Å². The minimum atomic E-state index is -4.46. The van der Waals surface area contributed by atoms with Gasteiger partial charge in [-0.15, -0.1) is 0 Å². The lowest BCUT2D eigenvalue weighted by Crippen LogP contribution is -2.44. The smallest absolute Gasteiger partial charge is 0.416 e. The van der Waals surface area contributed by atoms with E-state index in [9.17, 15) is 22.8 Å². The Morgan fingerprint density at radius 1 is 1.11 bits per heavy atom. The van der Waals surface area contributed by atoms with Crippen LogP contribution in [-0.4, -0.2) is 62.8 Å². The van der Waals surface area contributed by atoms with Crippen LogP contribution in [0.4, 0.5) is 29.3 Å². The molecule has 0 bridgehead atoms. The molecule has 3 N–H and O–H groups in total. The summed E-state index contributed by atoms with van der Waals surface area (Å²) in [6, 6.07) is 8.14. The Hall–Kier alpha value is -3.31. The van der Waals surface area contributed by atoms with Crippen molar-refractivity contribution in [3.8, 4) is 5.75 Å². The standard InChI is InChI=1S/C25H31F3N4O4/c1-15-12-29-16(2)14-36-21-10-9-19(11-20(21)23(33)32(3)13-22(15)35-4)31-24(34)30-18-7-5-17(6-8-18)25(26,27)28/h5-11,15-16,22,29H,12-14H2,1-4H3,(H2,30,31,34)/t15-,16+,22+/m1/s1. The van der Waals surface area contributed by atoms with E-state index in [-0.39, 0.29) is 35.2 Å². The second-order valence-electron chi connectivity index (χ2n) is 8.92. The van der Waals surface area contributed by atoms with Crippen molar-refractivity contribution in [1.82, 2.24) is 10.2 Å². The topological polar surface area (TPSA) is 91.9 Å². The maximum absolute atomic E-state index is 13.3. The van der Waals surface area contributed by atoms with E-state index in [0.717, 1.165) is 24.3 Å². The first-order valence-corrected chi connectivity index (χ1v) is 11.5. The van der Waals surface area contributed by atoms with Crippen LogP contribution in [0.5, 0.6) is 5.75 Å². The number of anilines is 2. The fourth-order valence-corrected chi connectivity index (χ4v) is 3.77. The molecule has 196 valence electrons. The normalized spacial score (nSPS) is 21.5. The second-order valence-corrected chi connectivity index (χ2v) is 8.92. The summed E-state index contributed by atoms with van der Waals surface area (Å²) in [6.07, 6.45) is -4.65. The summed E-state index contributed by atoms with van der Waals surface area (Å²) >= 11 is 0. The fraction of sp³-hybridized carbons (Fsp3) is 0.440. The molecule has 3 rings (SSSR count). The predicted octanol–water partition coefficient (Wildman–Crippen LogP) is 4.44. The molecule has 1 aliphatic heterocycles. The Bertz CT molecular complexity index is 1060. The molecule has 0 unspecified atom stereocenters. The number of carbonyl (C=O) groups is 2. The zero-order chi connectivity index (χ0) is 26.5. The van der Waals surface area contributed by atoms with E-state index in [0.29, 0.717) is 31.1 Å². The van der Waals surface area contributed by atoms with Crippen LogP contribution in [0.3, 0.4) is 0 Å². The van der Waals surface area contributed by atoms with Gasteiger partial charge in [-0.2, -0.15) is 13.2 Å². The monoisotopic (exact) mass is 508 g/mol. The zero-order valence-corrected chi connectivity index (χ0v) is 20.6. The molecule has 0 aliphatic carbocycles. The fourth-order valence-electron chi connectivity index (χ4n) is 3.77. The molecule has 8 nitrogen and oxygen atoms in total. The number of amides is 3. The molecule has 0 saturated carbocycles. The third-order valence-electron chi connectivity index (χ3n) is 5.95. The summed E-state index contributed by atoms with van der Waals surface area (Å²) in [7, 11) is 3.28. The minimum absolute atomic E-state index is 0.0253. The number of alkyl halides is 3. The molecule has 2 aromatic carbocycles. The molecule has 0 radical (unpaired) electrons. The number of urea groups is 1. The number of hydrogen-bond acceptors (Lipinski definition) is 5. The molecule has 0 aromatic heterocycles. The first kappa shape index (κ1) is 27.3. The van der Waals surface area contributed by atoms with Crippen molar-refractivity contribution >= 4 is 23.3 Å². The molecule has 0 spiro atoms. The number of methoxy groups -OCH3 is 1. The Morgan fingerprint density at radius 3 is 2.39 bits per heavy atom. The number of fused-ring (bicyclic) bond motifs is 1. The van der Waals surface area contributed by atoms with Gasteiger partial charge in [0.05, 0.1) is 17.2 Å². The van der Waals surface area contributed by atoms with E-state index in [1.54, 1.807) is 31.2 Å². The van der Waals surface area contributed by atoms with Crippen LogP contribution in [0.15, 0.2) is 42.5 Å². The molecule has 1 aliphatic rings. The van der Waals surface area contributed by atoms with Gasteiger partial charge in [0.25, 0.3) is 5.91 Å². The minimum Gasteiger partial charge on any atom is -0.491 e. The van der Waals surface area contributed by atoms with Gasteiger partial charge in [-0.3, -0.25) is 4.79 Å². The lowest BCUT2D eigenvalue weighted by molar-refractivity contribution is -0.137. The molecule has 0 saturated heterocycles. The van der Waals surface area contributed by atoms with Crippen molar-refractivity contribution in [3.63, 3.8) is 0 Å². The van der Waals surface area contributed by atoms with Gasteiger partial charge in [0, 0.05) is 44.7 Å². The first-order valence-electron chi connectivity index (χ1n) is 11.5. The summed E-state index contributed by atoms with van der Waals surface area (Å²) in [5, 5.41) is 8.50. The van der Waals surface area contributed by atoms with Crippen LogP contribution < -0.4 is 20.7 Å². The molecule has 0 fully saturated rings. The summed E-state index contributed by atoms with van der Waals surface area (Å²) in [5.74, 6) is 0.220. The van der Waals surface area contributed by atoms with Crippen LogP contribution in [0, 0.1) is 5.92 Å². The van der Waals surface area contributed by atoms with Crippen molar-refractivity contribution in [2.45, 2.75) is 32.2 Å². The van der Waals surface area contributed by atoms with Crippen molar-refractivity contribution in [2.24, 2.45) is 5.92 Å². The first-order chi connectivity index (χ1) is 17.0. The summed E-state index contributed by atoms with van der Waals surface area (Å²) < 4.78 is 49.8. The lowest BCUT2D eigenvalue weighted by atomic mass is 10.0. The van der Waals surface area contributed by atoms with E-state index < -0.39 is 17.8 Å². The van der Waals surface area contributed by atoms with Crippen LogP contribution in [0.25, 0.3) is 0 Å². The van der Waals surface area contributed by atoms with E-state index in [1.807, 2.05) is 13.8 Å². The van der Waals surface area contributed by atoms with E-state index in [2.05, 4.69) is 16.0 Å². The molecule has 1 heterocycles. The zero-order valence-electron chi connectivity index (χ0n) is 20.6. The highest BCUT2D eigenvalue weighted by Gasteiger charge is 2.30. The summed E-state index contributed by atoms with van der Waals surface area (Å²) in [6.45, 7) is 5.42. The van der Waals surface area contributed by atoms with Crippen molar-refractivity contribution < 1.29 is 32.2 Å². The quantitative estimate of drug-likeness (QED) is 0.570. The van der Waals surface area contributed by atoms with Gasteiger partial charge in [0.1, 0.15) is 12.4 Å². The van der Waals surface area contributed by atoms with E-state index >= 15 is 0 Å². The van der Waals surface area contributed by atoms with Gasteiger partial charge >= 0.3 is 12.2 Å². The number of hydrogen-bond donors (Lipinski definition) is 3. The molecule has 36 heavy (non-hydrogen) atoms. The van der Waals surface area contributed by atoms with E-state index in [1.165, 1.54) is 6.07 Å². The van der Waals surface area contributed by atoms with Gasteiger partial charge in [-0.1, -0.05) is 6.92 Å². The maximum atomic E-state index is 13.3. The summed E-state index contributed by atoms with van der Waals surface area (Å²) in [5.41, 5.74) is -0.0451. The third-order valence-corrected chi connectivity index (χ3v) is 5.95. The SMILES string of the molecule is CO[C@H]1CN(C)C(=O)c2cc(NC(=O)Nc3ccc(C(F)(F)F)cc3)ccc2OC[C@H](C)NC[C@H]1C. The van der Waals surface area contributed by atoms with Gasteiger partial charge in [0.15, 0.2) is 0 Å². The molecular formula is C25H31F3N4O4. The van der Waals surface area contributed by atoms with Gasteiger partial charge in [0.2, 0.25) is 0 Å². The van der Waals surface area contributed by atoms with E-state index in [4.69, 9.17) is 9.47 Å². The number of rotatable bonds is 3. The van der Waals surface area contributed by atoms with Gasteiger partial charge in [-0.05, 0) is 55.3 Å². The number of carbonyl (C=O) groups excluding carboxylic acids is 2. The highest BCUT2D eigenvalue weighted by Crippen LogP contribution is 2.30. The number of halogens is 3. The Kier molecular flexibility index (Phi) is 8.80. The highest BCUT2D eigenvalue weighted by molar-refractivity contribution is 6.02. The van der Waals surface area contributed by atoms with Crippen LogP contribution in [0.2, 0.25) is 0 Å².